The van der Waals surface area contributed by atoms with Crippen LogP contribution < -0.4 is 0 Å². The van der Waals surface area contributed by atoms with Gasteiger partial charge in [0.1, 0.15) is 0 Å². The van der Waals surface area contributed by atoms with Crippen LogP contribution in [0.4, 0.5) is 8.78 Å². The number of furan rings is 1. The summed E-state index contributed by atoms with van der Waals surface area (Å²) in [6.07, 6.45) is 0. The van der Waals surface area contributed by atoms with E-state index >= 15 is 0 Å². The van der Waals surface area contributed by atoms with Gasteiger partial charge in [-0.1, -0.05) is 31.7 Å². The summed E-state index contributed by atoms with van der Waals surface area (Å²) in [7, 11) is 0. The molecule has 0 amide bonds. The average molecular weight is 248 g/mol. The van der Waals surface area contributed by atoms with Crippen LogP contribution >= 0.6 is 0 Å². The van der Waals surface area contributed by atoms with E-state index in [0.717, 1.165) is 0 Å². The first kappa shape index (κ1) is 12.6. The van der Waals surface area contributed by atoms with Crippen molar-refractivity contribution in [3.63, 3.8) is 0 Å². The molecular formula is C15H14F2O. The van der Waals surface area contributed by atoms with Crippen LogP contribution in [0.25, 0.3) is 21.9 Å². The Labute approximate surface area is 104 Å². The molecule has 0 aliphatic rings. The van der Waals surface area contributed by atoms with Crippen LogP contribution in [0, 0.1) is 25.5 Å². The van der Waals surface area contributed by atoms with Gasteiger partial charge in [-0.05, 0) is 25.0 Å². The third-order valence-corrected chi connectivity index (χ3v) is 3.07. The molecule has 2 aromatic carbocycles. The highest BCUT2D eigenvalue weighted by Crippen LogP contribution is 2.33. The molecule has 0 unspecified atom stereocenters. The molecule has 0 saturated heterocycles. The lowest BCUT2D eigenvalue weighted by atomic mass is 10.1. The van der Waals surface area contributed by atoms with Gasteiger partial charge in [0.25, 0.3) is 0 Å². The second-order valence-corrected chi connectivity index (χ2v) is 4.25. The van der Waals surface area contributed by atoms with Gasteiger partial charge in [0.2, 0.25) is 0 Å². The molecule has 3 aromatic rings. The Morgan fingerprint density at radius 1 is 0.778 bits per heavy atom. The lowest BCUT2D eigenvalue weighted by Gasteiger charge is -1.95. The summed E-state index contributed by atoms with van der Waals surface area (Å²) in [5, 5.41) is 1.23. The zero-order chi connectivity index (χ0) is 12.2. The summed E-state index contributed by atoms with van der Waals surface area (Å²) >= 11 is 0. The van der Waals surface area contributed by atoms with Crippen LogP contribution in [0.2, 0.25) is 0 Å². The zero-order valence-electron chi connectivity index (χ0n) is 9.47. The van der Waals surface area contributed by atoms with E-state index in [-0.39, 0.29) is 18.6 Å². The van der Waals surface area contributed by atoms with Crippen LogP contribution in [0.1, 0.15) is 18.6 Å². The minimum Gasteiger partial charge on any atom is -0.450 e. The maximum Gasteiger partial charge on any atom is 0.171 e. The molecule has 0 aliphatic carbocycles. The van der Waals surface area contributed by atoms with Gasteiger partial charge in [0.05, 0.1) is 0 Å². The van der Waals surface area contributed by atoms with E-state index in [1.807, 2.05) is 0 Å². The summed E-state index contributed by atoms with van der Waals surface area (Å²) < 4.78 is 33.0. The molecule has 0 saturated carbocycles. The van der Waals surface area contributed by atoms with E-state index in [9.17, 15) is 8.78 Å². The van der Waals surface area contributed by atoms with Crippen molar-refractivity contribution in [1.29, 1.82) is 0 Å². The van der Waals surface area contributed by atoms with Crippen molar-refractivity contribution in [3.8, 4) is 0 Å². The molecule has 3 heteroatoms. The van der Waals surface area contributed by atoms with E-state index in [4.69, 9.17) is 4.42 Å². The Kier molecular flexibility index (Phi) is 2.85. The van der Waals surface area contributed by atoms with E-state index in [1.165, 1.54) is 0 Å². The molecule has 0 spiro atoms. The molecule has 18 heavy (non-hydrogen) atoms. The van der Waals surface area contributed by atoms with Gasteiger partial charge in [-0.3, -0.25) is 0 Å². The Morgan fingerprint density at radius 2 is 1.17 bits per heavy atom. The van der Waals surface area contributed by atoms with Gasteiger partial charge in [0.15, 0.2) is 22.8 Å². The molecule has 0 bridgehead atoms. The van der Waals surface area contributed by atoms with Crippen molar-refractivity contribution in [2.24, 2.45) is 0 Å². The molecule has 94 valence electrons. The molecule has 1 nitrogen and oxygen atoms in total. The molecule has 1 heterocycles. The highest BCUT2D eigenvalue weighted by molar-refractivity contribution is 6.05. The Hall–Kier alpha value is -1.90. The topological polar surface area (TPSA) is 13.1 Å². The van der Waals surface area contributed by atoms with Crippen molar-refractivity contribution in [1.82, 2.24) is 0 Å². The van der Waals surface area contributed by atoms with E-state index < -0.39 is 11.6 Å². The van der Waals surface area contributed by atoms with Gasteiger partial charge < -0.3 is 4.42 Å². The minimum absolute atomic E-state index is 0. The summed E-state index contributed by atoms with van der Waals surface area (Å²) in [6.45, 7) is 3.31. The molecule has 0 radical (unpaired) electrons. The molecule has 0 atom stereocenters. The number of rotatable bonds is 0. The first-order valence-corrected chi connectivity index (χ1v) is 5.36. The first-order chi connectivity index (χ1) is 8.09. The molecule has 1 aromatic heterocycles. The predicted octanol–water partition coefficient (Wildman–Crippen LogP) is 5.12. The molecule has 0 N–H and O–H groups in total. The van der Waals surface area contributed by atoms with Crippen molar-refractivity contribution in [2.75, 3.05) is 0 Å². The quantitative estimate of drug-likeness (QED) is 0.538. The van der Waals surface area contributed by atoms with Crippen molar-refractivity contribution in [2.45, 2.75) is 21.3 Å². The fraction of sp³-hybridized carbons (Fsp3) is 0.200. The predicted molar refractivity (Wildman–Crippen MR) is 69.8 cm³/mol. The summed E-state index contributed by atoms with van der Waals surface area (Å²) in [5.74, 6) is -0.841. The largest absolute Gasteiger partial charge is 0.450 e. The molecule has 0 fully saturated rings. The molecular weight excluding hydrogens is 234 g/mol. The zero-order valence-corrected chi connectivity index (χ0v) is 9.47. The van der Waals surface area contributed by atoms with Crippen molar-refractivity contribution in [3.05, 3.63) is 47.0 Å². The summed E-state index contributed by atoms with van der Waals surface area (Å²) in [4.78, 5) is 0. The summed E-state index contributed by atoms with van der Waals surface area (Å²) in [5.41, 5.74) is 1.25. The standard InChI is InChI=1S/C14H10F2O.CH4/c1-7-3-5-9-10-6-4-8(2)12(16)14(10)17-13(9)11(7)15;/h3-6H,1-2H3;1H4. The Morgan fingerprint density at radius 3 is 1.56 bits per heavy atom. The van der Waals surface area contributed by atoms with Gasteiger partial charge in [-0.15, -0.1) is 0 Å². The average Bonchev–Trinajstić information content (AvgIpc) is 2.69. The van der Waals surface area contributed by atoms with Crippen LogP contribution in [-0.2, 0) is 0 Å². The second-order valence-electron chi connectivity index (χ2n) is 4.25. The third kappa shape index (κ3) is 1.50. The summed E-state index contributed by atoms with van der Waals surface area (Å²) in [6, 6.07) is 6.86. The van der Waals surface area contributed by atoms with Gasteiger partial charge >= 0.3 is 0 Å². The fourth-order valence-electron chi connectivity index (χ4n) is 2.03. The van der Waals surface area contributed by atoms with Crippen molar-refractivity contribution < 1.29 is 13.2 Å². The van der Waals surface area contributed by atoms with Crippen molar-refractivity contribution >= 4 is 21.9 Å². The lowest BCUT2D eigenvalue weighted by Crippen LogP contribution is -1.81. The second kappa shape index (κ2) is 4.09. The highest BCUT2D eigenvalue weighted by atomic mass is 19.1. The normalized spacial score (nSPS) is 10.9. The number of halogens is 2. The van der Waals surface area contributed by atoms with Gasteiger partial charge in [-0.2, -0.15) is 0 Å². The number of aryl methyl sites for hydroxylation is 2. The number of fused-ring (bicyclic) bond motifs is 3. The van der Waals surface area contributed by atoms with Crippen LogP contribution in [0.5, 0.6) is 0 Å². The minimum atomic E-state index is -0.421. The number of hydrogen-bond donors (Lipinski definition) is 0. The maximum absolute atomic E-state index is 13.9. The van der Waals surface area contributed by atoms with E-state index in [1.54, 1.807) is 38.1 Å². The van der Waals surface area contributed by atoms with Crippen LogP contribution in [0.15, 0.2) is 28.7 Å². The number of benzene rings is 2. The SMILES string of the molecule is C.Cc1ccc2c(oc3c(F)c(C)ccc32)c1F. The first-order valence-electron chi connectivity index (χ1n) is 5.36. The Balaban J connectivity index is 0.00000120. The lowest BCUT2D eigenvalue weighted by molar-refractivity contribution is 0.552. The third-order valence-electron chi connectivity index (χ3n) is 3.07. The monoisotopic (exact) mass is 248 g/mol. The molecule has 0 aliphatic heterocycles. The van der Waals surface area contributed by atoms with Crippen LogP contribution in [0.3, 0.4) is 0 Å². The van der Waals surface area contributed by atoms with E-state index in [0.29, 0.717) is 21.9 Å². The fourth-order valence-corrected chi connectivity index (χ4v) is 2.03. The van der Waals surface area contributed by atoms with Crippen LogP contribution in [-0.4, -0.2) is 0 Å². The Bertz CT molecular complexity index is 679. The van der Waals surface area contributed by atoms with E-state index in [2.05, 4.69) is 0 Å². The number of hydrogen-bond acceptors (Lipinski definition) is 1. The maximum atomic E-state index is 13.9. The molecule has 3 rings (SSSR count). The van der Waals surface area contributed by atoms with Gasteiger partial charge in [0, 0.05) is 10.8 Å². The smallest absolute Gasteiger partial charge is 0.171 e. The van der Waals surface area contributed by atoms with Gasteiger partial charge in [-0.25, -0.2) is 8.78 Å². The highest BCUT2D eigenvalue weighted by Gasteiger charge is 2.16.